The molecule has 0 atom stereocenters. The van der Waals surface area contributed by atoms with Crippen LogP contribution in [-0.2, 0) is 11.0 Å². The summed E-state index contributed by atoms with van der Waals surface area (Å²) in [6, 6.07) is 14.0. The summed E-state index contributed by atoms with van der Waals surface area (Å²) in [5.74, 6) is -0.854. The zero-order chi connectivity index (χ0) is 19.2. The minimum Gasteiger partial charge on any atom is -0.360 e. The molecule has 5 nitrogen and oxygen atoms in total. The lowest BCUT2D eigenvalue weighted by Gasteiger charge is -2.09. The molecule has 0 aromatic heterocycles. The van der Waals surface area contributed by atoms with Gasteiger partial charge < -0.3 is 10.6 Å². The van der Waals surface area contributed by atoms with Crippen LogP contribution < -0.4 is 10.6 Å². The molecule has 0 bridgehead atoms. The molecule has 2 rings (SSSR count). The first kappa shape index (κ1) is 18.6. The fourth-order valence-corrected chi connectivity index (χ4v) is 1.92. The molecule has 2 aromatic carbocycles. The molecule has 2 aromatic rings. The van der Waals surface area contributed by atoms with E-state index in [0.29, 0.717) is 11.3 Å². The third-order valence-corrected chi connectivity index (χ3v) is 3.21. The van der Waals surface area contributed by atoms with Gasteiger partial charge in [-0.05, 0) is 42.5 Å². The van der Waals surface area contributed by atoms with Gasteiger partial charge in [-0.2, -0.15) is 23.7 Å². The van der Waals surface area contributed by atoms with Crippen molar-refractivity contribution in [2.45, 2.75) is 6.18 Å². The van der Waals surface area contributed by atoms with Crippen molar-refractivity contribution in [2.24, 2.45) is 0 Å². The summed E-state index contributed by atoms with van der Waals surface area (Å²) >= 11 is 0. The number of carbonyl (C=O) groups is 1. The number of nitrogens with zero attached hydrogens (tertiary/aromatic N) is 2. The highest BCUT2D eigenvalue weighted by molar-refractivity contribution is 6.06. The van der Waals surface area contributed by atoms with Crippen LogP contribution in [-0.4, -0.2) is 5.91 Å². The van der Waals surface area contributed by atoms with Gasteiger partial charge in [0.15, 0.2) is 0 Å². The van der Waals surface area contributed by atoms with E-state index < -0.39 is 17.6 Å². The fourth-order valence-electron chi connectivity index (χ4n) is 1.92. The first-order chi connectivity index (χ1) is 12.3. The number of hydrogen-bond acceptors (Lipinski definition) is 4. The van der Waals surface area contributed by atoms with Crippen molar-refractivity contribution in [1.29, 1.82) is 10.5 Å². The number of nitrogens with one attached hydrogen (secondary N) is 2. The predicted molar refractivity (Wildman–Crippen MR) is 88.5 cm³/mol. The molecule has 0 saturated carbocycles. The van der Waals surface area contributed by atoms with Gasteiger partial charge in [-0.3, -0.25) is 4.79 Å². The summed E-state index contributed by atoms with van der Waals surface area (Å²) in [5.41, 5.74) is -0.337. The Hall–Kier alpha value is -3.78. The molecule has 0 spiro atoms. The highest BCUT2D eigenvalue weighted by atomic mass is 19.4. The van der Waals surface area contributed by atoms with Crippen LogP contribution in [0.4, 0.5) is 24.5 Å². The number of hydrogen-bond donors (Lipinski definition) is 2. The van der Waals surface area contributed by atoms with Gasteiger partial charge in [0.05, 0.1) is 17.2 Å². The van der Waals surface area contributed by atoms with Crippen molar-refractivity contribution in [3.8, 4) is 12.1 Å². The molecule has 8 heteroatoms. The van der Waals surface area contributed by atoms with Crippen molar-refractivity contribution in [3.63, 3.8) is 0 Å². The smallest absolute Gasteiger partial charge is 0.360 e. The Morgan fingerprint density at radius 1 is 1.04 bits per heavy atom. The number of rotatable bonds is 4. The summed E-state index contributed by atoms with van der Waals surface area (Å²) in [7, 11) is 0. The van der Waals surface area contributed by atoms with Crippen LogP contribution in [0.2, 0.25) is 0 Å². The van der Waals surface area contributed by atoms with E-state index in [-0.39, 0.29) is 11.3 Å². The monoisotopic (exact) mass is 356 g/mol. The van der Waals surface area contributed by atoms with Gasteiger partial charge in [-0.25, -0.2) is 0 Å². The topological polar surface area (TPSA) is 88.7 Å². The highest BCUT2D eigenvalue weighted by Crippen LogP contribution is 2.30. The van der Waals surface area contributed by atoms with E-state index in [0.717, 1.165) is 24.4 Å². The Morgan fingerprint density at radius 2 is 1.73 bits per heavy atom. The van der Waals surface area contributed by atoms with Crippen molar-refractivity contribution < 1.29 is 18.0 Å². The summed E-state index contributed by atoms with van der Waals surface area (Å²) in [6.45, 7) is 0. The second-order valence-electron chi connectivity index (χ2n) is 5.04. The Bertz CT molecular complexity index is 919. The van der Waals surface area contributed by atoms with Gasteiger partial charge in [0.2, 0.25) is 0 Å². The summed E-state index contributed by atoms with van der Waals surface area (Å²) in [4.78, 5) is 12.1. The Kier molecular flexibility index (Phi) is 5.61. The highest BCUT2D eigenvalue weighted by Gasteiger charge is 2.30. The van der Waals surface area contributed by atoms with Gasteiger partial charge in [0, 0.05) is 17.6 Å². The maximum Gasteiger partial charge on any atom is 0.416 e. The lowest BCUT2D eigenvalue weighted by Crippen LogP contribution is -2.15. The third-order valence-electron chi connectivity index (χ3n) is 3.21. The molecule has 0 radical (unpaired) electrons. The molecule has 0 aliphatic heterocycles. The lowest BCUT2D eigenvalue weighted by molar-refractivity contribution is -0.137. The maximum atomic E-state index is 12.7. The van der Waals surface area contributed by atoms with Crippen molar-refractivity contribution in [3.05, 3.63) is 71.4 Å². The number of carbonyl (C=O) groups excluding carboxylic acids is 1. The summed E-state index contributed by atoms with van der Waals surface area (Å²) in [5, 5.41) is 22.8. The molecule has 130 valence electrons. The second kappa shape index (κ2) is 7.86. The lowest BCUT2D eigenvalue weighted by atomic mass is 10.2. The Labute approximate surface area is 147 Å². The number of nitriles is 2. The minimum atomic E-state index is -4.54. The average Bonchev–Trinajstić information content (AvgIpc) is 2.62. The van der Waals surface area contributed by atoms with Crippen LogP contribution in [0, 0.1) is 22.7 Å². The Morgan fingerprint density at radius 3 is 2.31 bits per heavy atom. The maximum absolute atomic E-state index is 12.7. The van der Waals surface area contributed by atoms with Crippen LogP contribution in [0.25, 0.3) is 0 Å². The fraction of sp³-hybridized carbons (Fsp3) is 0.0556. The van der Waals surface area contributed by atoms with Gasteiger partial charge in [-0.1, -0.05) is 6.07 Å². The molecule has 0 fully saturated rings. The first-order valence-corrected chi connectivity index (χ1v) is 7.19. The van der Waals surface area contributed by atoms with E-state index in [1.165, 1.54) is 6.07 Å². The third kappa shape index (κ3) is 4.86. The normalized spacial score (nSPS) is 11.2. The van der Waals surface area contributed by atoms with E-state index >= 15 is 0 Å². The van der Waals surface area contributed by atoms with Crippen molar-refractivity contribution in [2.75, 3.05) is 10.6 Å². The summed E-state index contributed by atoms with van der Waals surface area (Å²) in [6.07, 6.45) is -3.41. The van der Waals surface area contributed by atoms with Crippen LogP contribution in [0.15, 0.2) is 60.3 Å². The van der Waals surface area contributed by atoms with Crippen LogP contribution >= 0.6 is 0 Å². The molecular formula is C18H11F3N4O. The molecule has 2 N–H and O–H groups in total. The van der Waals surface area contributed by atoms with Crippen LogP contribution in [0.5, 0.6) is 0 Å². The molecule has 0 aliphatic carbocycles. The average molecular weight is 356 g/mol. The van der Waals surface area contributed by atoms with Gasteiger partial charge >= 0.3 is 6.18 Å². The van der Waals surface area contributed by atoms with E-state index in [9.17, 15) is 18.0 Å². The summed E-state index contributed by atoms with van der Waals surface area (Å²) < 4.78 is 38.1. The molecule has 0 unspecified atom stereocenters. The van der Waals surface area contributed by atoms with E-state index in [4.69, 9.17) is 10.5 Å². The molecule has 0 saturated heterocycles. The molecular weight excluding hydrogens is 345 g/mol. The second-order valence-corrected chi connectivity index (χ2v) is 5.04. The molecule has 26 heavy (non-hydrogen) atoms. The number of alkyl halides is 3. The number of halogens is 3. The first-order valence-electron chi connectivity index (χ1n) is 7.19. The van der Waals surface area contributed by atoms with E-state index in [1.807, 2.05) is 6.07 Å². The standard InChI is InChI=1S/C18H11F3N4O/c19-18(20,21)14-2-1-3-16(8-14)25-17(26)13(10-23)11-24-15-6-4-12(9-22)5-7-15/h1-8,11,24H,(H,25,26)/b13-11-. The van der Waals surface area contributed by atoms with E-state index in [1.54, 1.807) is 30.3 Å². The minimum absolute atomic E-state index is 0.0793. The number of amides is 1. The molecule has 0 aliphatic rings. The van der Waals surface area contributed by atoms with Gasteiger partial charge in [-0.15, -0.1) is 0 Å². The van der Waals surface area contributed by atoms with Gasteiger partial charge in [0.1, 0.15) is 11.6 Å². The predicted octanol–water partition coefficient (Wildman–Crippen LogP) is 4.04. The quantitative estimate of drug-likeness (QED) is 0.639. The Balaban J connectivity index is 2.11. The number of anilines is 2. The number of benzene rings is 2. The zero-order valence-corrected chi connectivity index (χ0v) is 13.1. The van der Waals surface area contributed by atoms with Crippen LogP contribution in [0.3, 0.4) is 0 Å². The largest absolute Gasteiger partial charge is 0.416 e. The van der Waals surface area contributed by atoms with E-state index in [2.05, 4.69) is 10.6 Å². The zero-order valence-electron chi connectivity index (χ0n) is 13.1. The van der Waals surface area contributed by atoms with Gasteiger partial charge in [0.25, 0.3) is 5.91 Å². The SMILES string of the molecule is N#C/C(=C/Nc1ccc(C#N)cc1)C(=O)Nc1cccc(C(F)(F)F)c1. The van der Waals surface area contributed by atoms with Crippen molar-refractivity contribution in [1.82, 2.24) is 0 Å². The van der Waals surface area contributed by atoms with Crippen molar-refractivity contribution >= 4 is 17.3 Å². The van der Waals surface area contributed by atoms with Crippen LogP contribution in [0.1, 0.15) is 11.1 Å². The molecule has 0 heterocycles. The molecule has 1 amide bonds.